The van der Waals surface area contributed by atoms with E-state index < -0.39 is 0 Å². The van der Waals surface area contributed by atoms with Gasteiger partial charge in [-0.2, -0.15) is 0 Å². The molecule has 0 heterocycles. The van der Waals surface area contributed by atoms with Crippen molar-refractivity contribution in [3.05, 3.63) is 78.6 Å². The van der Waals surface area contributed by atoms with E-state index >= 15 is 0 Å². The third-order valence-corrected chi connectivity index (χ3v) is 7.44. The van der Waals surface area contributed by atoms with Crippen LogP contribution in [-0.4, -0.2) is 0 Å². The highest BCUT2D eigenvalue weighted by Crippen LogP contribution is 2.56. The first-order valence-electron chi connectivity index (χ1n) is 7.33. The average molecular weight is 570 g/mol. The number of halogens is 4. The predicted octanol–water partition coefficient (Wildman–Crippen LogP) is 8.61. The van der Waals surface area contributed by atoms with Gasteiger partial charge < -0.3 is 0 Å². The Balaban J connectivity index is 2.13. The minimum atomic E-state index is 1.10. The summed E-state index contributed by atoms with van der Waals surface area (Å²) in [5.41, 5.74) is 7.09. The first-order chi connectivity index (χ1) is 11.6. The Morgan fingerprint density at radius 2 is 0.625 bits per heavy atom. The van der Waals surface area contributed by atoms with Crippen molar-refractivity contribution in [1.29, 1.82) is 0 Å². The van der Waals surface area contributed by atoms with E-state index in [0.29, 0.717) is 0 Å². The third-order valence-electron chi connectivity index (χ3n) is 4.15. The van der Waals surface area contributed by atoms with E-state index in [9.17, 15) is 0 Å². The van der Waals surface area contributed by atoms with Gasteiger partial charge in [0.2, 0.25) is 0 Å². The van der Waals surface area contributed by atoms with Crippen molar-refractivity contribution in [3.8, 4) is 33.4 Å². The summed E-state index contributed by atoms with van der Waals surface area (Å²) < 4.78 is 4.40. The van der Waals surface area contributed by atoms with Crippen molar-refractivity contribution in [2.45, 2.75) is 0 Å². The van der Waals surface area contributed by atoms with E-state index in [1.165, 1.54) is 22.3 Å². The fourth-order valence-electron chi connectivity index (χ4n) is 3.03. The van der Waals surface area contributed by atoms with Crippen molar-refractivity contribution in [1.82, 2.24) is 0 Å². The van der Waals surface area contributed by atoms with Crippen molar-refractivity contribution in [2.75, 3.05) is 0 Å². The van der Waals surface area contributed by atoms with Crippen molar-refractivity contribution in [3.63, 3.8) is 0 Å². The zero-order chi connectivity index (χ0) is 16.8. The standard InChI is InChI=1S/C20H10Br4/c21-17-11-7-3-1-4-8-12(11)18(22)15(17)16-19(23)13-9-5-2-6-10-14(13)20(16)24/h1-10H. The Morgan fingerprint density at radius 3 is 0.875 bits per heavy atom. The van der Waals surface area contributed by atoms with Crippen molar-refractivity contribution in [2.24, 2.45) is 0 Å². The van der Waals surface area contributed by atoms with Gasteiger partial charge >= 0.3 is 0 Å². The second-order valence-electron chi connectivity index (χ2n) is 5.48. The van der Waals surface area contributed by atoms with Gasteiger partial charge in [0.15, 0.2) is 0 Å². The Kier molecular flexibility index (Phi) is 4.59. The molecule has 0 amide bonds. The van der Waals surface area contributed by atoms with Gasteiger partial charge in [0.1, 0.15) is 0 Å². The summed E-state index contributed by atoms with van der Waals surface area (Å²) in [5, 5.41) is 0. The molecular formula is C20H10Br4. The van der Waals surface area contributed by atoms with E-state index in [1.54, 1.807) is 0 Å². The molecule has 0 fully saturated rings. The molecule has 0 aromatic heterocycles. The van der Waals surface area contributed by atoms with Crippen molar-refractivity contribution >= 4 is 63.7 Å². The van der Waals surface area contributed by atoms with E-state index in [2.05, 4.69) is 112 Å². The molecule has 0 N–H and O–H groups in total. The largest absolute Gasteiger partial charge is 0.0622 e. The topological polar surface area (TPSA) is 0 Å². The van der Waals surface area contributed by atoms with Crippen LogP contribution in [0.5, 0.6) is 0 Å². The lowest BCUT2D eigenvalue weighted by atomic mass is 10.2. The van der Waals surface area contributed by atoms with Crippen LogP contribution in [0.25, 0.3) is 33.4 Å². The Hall–Kier alpha value is -0.680. The summed E-state index contributed by atoms with van der Waals surface area (Å²) in [5.74, 6) is 0. The molecule has 0 spiro atoms. The van der Waals surface area contributed by atoms with Crippen LogP contribution in [0.3, 0.4) is 0 Å². The van der Waals surface area contributed by atoms with Crippen LogP contribution in [-0.2, 0) is 0 Å². The summed E-state index contributed by atoms with van der Waals surface area (Å²) in [4.78, 5) is 0. The Bertz CT molecular complexity index is 850. The molecule has 4 aliphatic rings. The van der Waals surface area contributed by atoms with Crippen LogP contribution in [0.1, 0.15) is 0 Å². The Morgan fingerprint density at radius 1 is 0.375 bits per heavy atom. The van der Waals surface area contributed by atoms with E-state index in [0.717, 1.165) is 29.0 Å². The van der Waals surface area contributed by atoms with Gasteiger partial charge in [-0.15, -0.1) is 0 Å². The predicted molar refractivity (Wildman–Crippen MR) is 116 cm³/mol. The zero-order valence-electron chi connectivity index (χ0n) is 12.3. The minimum absolute atomic E-state index is 1.10. The molecule has 0 unspecified atom stereocenters. The summed E-state index contributed by atoms with van der Waals surface area (Å²) >= 11 is 15.3. The van der Waals surface area contributed by atoms with Crippen LogP contribution in [0, 0.1) is 0 Å². The van der Waals surface area contributed by atoms with Gasteiger partial charge in [-0.3, -0.25) is 0 Å². The monoisotopic (exact) mass is 566 g/mol. The van der Waals surface area contributed by atoms with E-state index in [4.69, 9.17) is 0 Å². The quantitative estimate of drug-likeness (QED) is 0.215. The number of hydrogen-bond donors (Lipinski definition) is 0. The SMILES string of the molecule is Brc1c2cccccc-2c(Br)c1-c1c(Br)c2cccccc-2c1Br. The van der Waals surface area contributed by atoms with Gasteiger partial charge in [-0.25, -0.2) is 0 Å². The van der Waals surface area contributed by atoms with E-state index in [1.807, 2.05) is 12.1 Å². The fraction of sp³-hybridized carbons (Fsp3) is 0. The maximum Gasteiger partial charge on any atom is 0.0344 e. The number of hydrogen-bond acceptors (Lipinski definition) is 0. The highest BCUT2D eigenvalue weighted by molar-refractivity contribution is 9.12. The molecule has 0 atom stereocenters. The van der Waals surface area contributed by atoms with Gasteiger partial charge in [-0.1, -0.05) is 60.7 Å². The normalized spacial score (nSPS) is 11.3. The fourth-order valence-corrected chi connectivity index (χ4v) is 6.53. The highest BCUT2D eigenvalue weighted by Gasteiger charge is 2.28. The molecular weight excluding hydrogens is 560 g/mol. The molecule has 0 bridgehead atoms. The molecule has 0 saturated carbocycles. The van der Waals surface area contributed by atoms with Gasteiger partial charge in [0.05, 0.1) is 0 Å². The maximum absolute atomic E-state index is 3.82. The summed E-state index contributed by atoms with van der Waals surface area (Å²) in [6.45, 7) is 0. The van der Waals surface area contributed by atoms with E-state index in [-0.39, 0.29) is 0 Å². The zero-order valence-corrected chi connectivity index (χ0v) is 18.6. The maximum atomic E-state index is 3.82. The van der Waals surface area contributed by atoms with Crippen LogP contribution >= 0.6 is 63.7 Å². The first kappa shape index (κ1) is 16.8. The summed E-state index contributed by atoms with van der Waals surface area (Å²) in [6.07, 6.45) is 0. The average Bonchev–Trinajstić information content (AvgIpc) is 2.88. The van der Waals surface area contributed by atoms with Crippen LogP contribution in [0.4, 0.5) is 0 Å². The molecule has 4 heteroatoms. The summed E-state index contributed by atoms with van der Waals surface area (Å²) in [6, 6.07) is 20.9. The lowest BCUT2D eigenvalue weighted by Gasteiger charge is -2.02. The number of fused-ring (bicyclic) bond motifs is 2. The third kappa shape index (κ3) is 2.50. The molecule has 118 valence electrons. The van der Waals surface area contributed by atoms with Crippen LogP contribution in [0.15, 0.2) is 78.6 Å². The molecule has 0 radical (unpaired) electrons. The molecule has 24 heavy (non-hydrogen) atoms. The molecule has 4 aliphatic carbocycles. The first-order valence-corrected chi connectivity index (χ1v) is 10.5. The molecule has 0 aliphatic heterocycles. The smallest absolute Gasteiger partial charge is 0.0344 e. The lowest BCUT2D eigenvalue weighted by Crippen LogP contribution is -1.75. The molecule has 0 saturated heterocycles. The second-order valence-corrected chi connectivity index (χ2v) is 8.65. The van der Waals surface area contributed by atoms with Crippen LogP contribution in [0.2, 0.25) is 0 Å². The Labute approximate surface area is 174 Å². The molecule has 4 rings (SSSR count). The van der Waals surface area contributed by atoms with Gasteiger partial charge in [0.25, 0.3) is 0 Å². The minimum Gasteiger partial charge on any atom is -0.0622 e. The van der Waals surface area contributed by atoms with Gasteiger partial charge in [0, 0.05) is 29.0 Å². The lowest BCUT2D eigenvalue weighted by molar-refractivity contribution is 1.68. The highest BCUT2D eigenvalue weighted by atomic mass is 79.9. The van der Waals surface area contributed by atoms with Gasteiger partial charge in [-0.05, 0) is 86.0 Å². The molecule has 0 aromatic rings. The molecule has 0 nitrogen and oxygen atoms in total. The van der Waals surface area contributed by atoms with Crippen molar-refractivity contribution < 1.29 is 0 Å². The van der Waals surface area contributed by atoms with Crippen LogP contribution < -0.4 is 0 Å². The second kappa shape index (κ2) is 6.56. The summed E-state index contributed by atoms with van der Waals surface area (Å²) in [7, 11) is 0. The molecule has 0 aromatic carbocycles. The number of rotatable bonds is 1.